The van der Waals surface area contributed by atoms with Gasteiger partial charge in [-0.25, -0.2) is 0 Å². The van der Waals surface area contributed by atoms with Gasteiger partial charge in [0.25, 0.3) is 0 Å². The van der Waals surface area contributed by atoms with Crippen molar-refractivity contribution in [1.82, 2.24) is 0 Å². The molecule has 0 spiro atoms. The lowest BCUT2D eigenvalue weighted by atomic mass is 10.0. The van der Waals surface area contributed by atoms with Gasteiger partial charge in [-0.15, -0.1) is 0 Å². The second-order valence-electron chi connectivity index (χ2n) is 6.82. The fraction of sp³-hybridized carbons (Fsp3) is 0.160. The van der Waals surface area contributed by atoms with Crippen LogP contribution in [-0.4, -0.2) is 21.3 Å². The minimum atomic E-state index is -0.208. The molecule has 0 aliphatic rings. The number of rotatable bonds is 7. The van der Waals surface area contributed by atoms with E-state index in [2.05, 4.69) is 0 Å². The molecule has 158 valence electrons. The molecule has 0 unspecified atom stereocenters. The fourth-order valence-electron chi connectivity index (χ4n) is 3.36. The summed E-state index contributed by atoms with van der Waals surface area (Å²) in [5.74, 6) is 2.04. The van der Waals surface area contributed by atoms with Crippen LogP contribution in [0.3, 0.4) is 0 Å². The van der Waals surface area contributed by atoms with Crippen LogP contribution in [0, 0.1) is 0 Å². The molecule has 3 aromatic carbocycles. The van der Waals surface area contributed by atoms with E-state index in [1.165, 1.54) is 13.4 Å². The van der Waals surface area contributed by atoms with Crippen LogP contribution in [-0.2, 0) is 6.61 Å². The molecule has 0 saturated heterocycles. The van der Waals surface area contributed by atoms with Gasteiger partial charge >= 0.3 is 0 Å². The summed E-state index contributed by atoms with van der Waals surface area (Å²) >= 11 is 0. The van der Waals surface area contributed by atoms with Crippen LogP contribution in [0.5, 0.6) is 23.0 Å². The van der Waals surface area contributed by atoms with Crippen LogP contribution < -0.4 is 24.4 Å². The maximum Gasteiger partial charge on any atom is 0.204 e. The van der Waals surface area contributed by atoms with E-state index in [-0.39, 0.29) is 5.43 Å². The normalized spacial score (nSPS) is 10.7. The third-order valence-electron chi connectivity index (χ3n) is 4.98. The maximum absolute atomic E-state index is 13.3. The Balaban J connectivity index is 1.72. The number of ether oxygens (including phenoxy) is 4. The Labute approximate surface area is 179 Å². The number of benzene rings is 3. The van der Waals surface area contributed by atoms with Crippen molar-refractivity contribution < 1.29 is 23.4 Å². The summed E-state index contributed by atoms with van der Waals surface area (Å²) in [6, 6.07) is 18.5. The van der Waals surface area contributed by atoms with Gasteiger partial charge in [-0.05, 0) is 23.3 Å². The molecule has 0 radical (unpaired) electrons. The highest BCUT2D eigenvalue weighted by atomic mass is 16.5. The minimum Gasteiger partial charge on any atom is -0.496 e. The number of hydrogen-bond donors (Lipinski definition) is 0. The van der Waals surface area contributed by atoms with E-state index in [1.54, 1.807) is 44.6 Å². The van der Waals surface area contributed by atoms with Gasteiger partial charge in [0.2, 0.25) is 5.43 Å². The van der Waals surface area contributed by atoms with Gasteiger partial charge in [0.1, 0.15) is 35.3 Å². The molecule has 0 amide bonds. The number of hydrogen-bond acceptors (Lipinski definition) is 6. The SMILES string of the molecule is COc1cc(OC)c2c(=O)c(-c3ccc(OCc4ccccc4)c(OC)c3)coc2c1. The van der Waals surface area contributed by atoms with E-state index in [0.717, 1.165) is 5.56 Å². The van der Waals surface area contributed by atoms with E-state index >= 15 is 0 Å². The van der Waals surface area contributed by atoms with E-state index in [4.69, 9.17) is 23.4 Å². The minimum absolute atomic E-state index is 0.208. The summed E-state index contributed by atoms with van der Waals surface area (Å²) in [7, 11) is 4.61. The van der Waals surface area contributed by atoms with Crippen molar-refractivity contribution in [2.45, 2.75) is 6.61 Å². The molecule has 0 aliphatic heterocycles. The van der Waals surface area contributed by atoms with E-state index in [1.807, 2.05) is 30.3 Å². The van der Waals surface area contributed by atoms with Crippen LogP contribution >= 0.6 is 0 Å². The van der Waals surface area contributed by atoms with Crippen LogP contribution in [0.2, 0.25) is 0 Å². The Morgan fingerprint density at radius 3 is 2.29 bits per heavy atom. The molecule has 4 rings (SSSR count). The Kier molecular flexibility index (Phi) is 5.80. The Bertz CT molecular complexity index is 1260. The van der Waals surface area contributed by atoms with Crippen molar-refractivity contribution in [1.29, 1.82) is 0 Å². The zero-order chi connectivity index (χ0) is 21.8. The van der Waals surface area contributed by atoms with Gasteiger partial charge < -0.3 is 23.4 Å². The average Bonchev–Trinajstić information content (AvgIpc) is 2.82. The molecular weight excluding hydrogens is 396 g/mol. The van der Waals surface area contributed by atoms with Crippen molar-refractivity contribution in [3.05, 3.63) is 82.7 Å². The van der Waals surface area contributed by atoms with Crippen molar-refractivity contribution in [3.8, 4) is 34.1 Å². The molecule has 0 N–H and O–H groups in total. The summed E-state index contributed by atoms with van der Waals surface area (Å²) < 4.78 is 27.8. The van der Waals surface area contributed by atoms with Crippen molar-refractivity contribution in [2.75, 3.05) is 21.3 Å². The van der Waals surface area contributed by atoms with Crippen LogP contribution in [0.1, 0.15) is 5.56 Å². The number of fused-ring (bicyclic) bond motifs is 1. The second-order valence-corrected chi connectivity index (χ2v) is 6.82. The standard InChI is InChI=1S/C25H22O6/c1-27-18-12-22(29-3)24-23(13-18)31-15-19(25(24)26)17-9-10-20(21(11-17)28-2)30-14-16-7-5-4-6-8-16/h4-13,15H,14H2,1-3H3. The van der Waals surface area contributed by atoms with Gasteiger partial charge in [0.05, 0.1) is 26.9 Å². The third-order valence-corrected chi connectivity index (χ3v) is 4.98. The fourth-order valence-corrected chi connectivity index (χ4v) is 3.36. The molecule has 6 nitrogen and oxygen atoms in total. The lowest BCUT2D eigenvalue weighted by Crippen LogP contribution is -2.07. The average molecular weight is 418 g/mol. The first kappa shape index (κ1) is 20.3. The molecule has 0 aliphatic carbocycles. The predicted octanol–water partition coefficient (Wildman–Crippen LogP) is 5.06. The summed E-state index contributed by atoms with van der Waals surface area (Å²) in [6.07, 6.45) is 1.43. The largest absolute Gasteiger partial charge is 0.496 e. The van der Waals surface area contributed by atoms with Crippen molar-refractivity contribution >= 4 is 11.0 Å². The smallest absolute Gasteiger partial charge is 0.204 e. The molecule has 0 atom stereocenters. The number of methoxy groups -OCH3 is 3. The molecule has 1 heterocycles. The van der Waals surface area contributed by atoms with Gasteiger partial charge in [-0.2, -0.15) is 0 Å². The molecule has 0 fully saturated rings. The summed E-state index contributed by atoms with van der Waals surface area (Å²) in [5.41, 5.74) is 2.27. The van der Waals surface area contributed by atoms with E-state index in [0.29, 0.717) is 51.7 Å². The quantitative estimate of drug-likeness (QED) is 0.418. The summed E-state index contributed by atoms with van der Waals surface area (Å²) in [4.78, 5) is 13.3. The summed E-state index contributed by atoms with van der Waals surface area (Å²) in [5, 5.41) is 0.351. The molecule has 1 aromatic heterocycles. The molecule has 0 saturated carbocycles. The van der Waals surface area contributed by atoms with Crippen molar-refractivity contribution in [3.63, 3.8) is 0 Å². The monoisotopic (exact) mass is 418 g/mol. The molecule has 31 heavy (non-hydrogen) atoms. The lowest BCUT2D eigenvalue weighted by molar-refractivity contribution is 0.284. The first-order chi connectivity index (χ1) is 15.1. The topological polar surface area (TPSA) is 67.1 Å². The Morgan fingerprint density at radius 2 is 1.58 bits per heavy atom. The third kappa shape index (κ3) is 4.05. The maximum atomic E-state index is 13.3. The van der Waals surface area contributed by atoms with Gasteiger partial charge in [-0.3, -0.25) is 4.79 Å². The first-order valence-electron chi connectivity index (χ1n) is 9.67. The van der Waals surface area contributed by atoms with Gasteiger partial charge in [0.15, 0.2) is 11.5 Å². The van der Waals surface area contributed by atoms with E-state index in [9.17, 15) is 4.79 Å². The van der Waals surface area contributed by atoms with Crippen LogP contribution in [0.4, 0.5) is 0 Å². The highest BCUT2D eigenvalue weighted by Crippen LogP contribution is 2.34. The van der Waals surface area contributed by atoms with Crippen molar-refractivity contribution in [2.24, 2.45) is 0 Å². The predicted molar refractivity (Wildman–Crippen MR) is 118 cm³/mol. The molecule has 4 aromatic rings. The zero-order valence-corrected chi connectivity index (χ0v) is 17.5. The molecular formula is C25H22O6. The van der Waals surface area contributed by atoms with Crippen LogP contribution in [0.15, 0.2) is 76.1 Å². The Hall–Kier alpha value is -3.93. The van der Waals surface area contributed by atoms with E-state index < -0.39 is 0 Å². The second kappa shape index (κ2) is 8.83. The highest BCUT2D eigenvalue weighted by Gasteiger charge is 2.17. The molecule has 6 heteroatoms. The first-order valence-corrected chi connectivity index (χ1v) is 9.67. The lowest BCUT2D eigenvalue weighted by Gasteiger charge is -2.13. The van der Waals surface area contributed by atoms with Gasteiger partial charge in [-0.1, -0.05) is 36.4 Å². The molecule has 0 bridgehead atoms. The highest BCUT2D eigenvalue weighted by molar-refractivity contribution is 5.88. The Morgan fingerprint density at radius 1 is 0.806 bits per heavy atom. The summed E-state index contributed by atoms with van der Waals surface area (Å²) in [6.45, 7) is 0.410. The van der Waals surface area contributed by atoms with Crippen LogP contribution in [0.25, 0.3) is 22.1 Å². The van der Waals surface area contributed by atoms with Gasteiger partial charge in [0, 0.05) is 12.1 Å². The zero-order valence-electron chi connectivity index (χ0n) is 17.5.